The average Bonchev–Trinajstić information content (AvgIpc) is 3.49. The van der Waals surface area contributed by atoms with E-state index in [-0.39, 0.29) is 55.8 Å². The molecule has 83 heavy (non-hydrogen) atoms. The van der Waals surface area contributed by atoms with Crippen LogP contribution in [-0.2, 0) is 52.7 Å². The van der Waals surface area contributed by atoms with E-state index in [4.69, 9.17) is 0 Å². The highest BCUT2D eigenvalue weighted by Crippen LogP contribution is 2.23. The first-order chi connectivity index (χ1) is 38.4. The molecule has 1 rings (SSSR count). The van der Waals surface area contributed by atoms with Gasteiger partial charge in [0.25, 0.3) is 0 Å². The number of carbonyl (C=O) groups is 11. The minimum atomic E-state index is -1.61. The zero-order valence-corrected chi connectivity index (χ0v) is 54.2. The van der Waals surface area contributed by atoms with Crippen molar-refractivity contribution in [2.75, 3.05) is 41.8 Å². The molecule has 0 aromatic carbocycles. The van der Waals surface area contributed by atoms with Gasteiger partial charge in [-0.25, -0.2) is 0 Å². The van der Waals surface area contributed by atoms with Gasteiger partial charge in [0.15, 0.2) is 0 Å². The van der Waals surface area contributed by atoms with Crippen LogP contribution in [0.4, 0.5) is 0 Å². The predicted octanol–water partition coefficient (Wildman–Crippen LogP) is 2.58. The molecule has 12 atom stereocenters. The molecule has 2 unspecified atom stereocenters. The second-order valence-electron chi connectivity index (χ2n) is 25.3. The van der Waals surface area contributed by atoms with E-state index in [9.17, 15) is 57.8 Å². The lowest BCUT2D eigenvalue weighted by Gasteiger charge is -2.38. The van der Waals surface area contributed by atoms with Gasteiger partial charge in [0, 0.05) is 35.2 Å². The molecule has 0 spiro atoms. The highest BCUT2D eigenvalue weighted by Gasteiger charge is 2.43. The quantitative estimate of drug-likeness (QED) is 0.117. The van der Waals surface area contributed by atoms with Crippen molar-refractivity contribution in [3.8, 4) is 0 Å². The zero-order chi connectivity index (χ0) is 64.2. The zero-order valence-electron chi connectivity index (χ0n) is 54.2. The number of aliphatic hydroxyl groups is 1. The Kier molecular flexibility index (Phi) is 31.2. The van der Waals surface area contributed by atoms with Gasteiger partial charge in [-0.3, -0.25) is 52.7 Å². The van der Waals surface area contributed by atoms with Crippen LogP contribution in [0, 0.1) is 41.4 Å². The highest BCUT2D eigenvalue weighted by molar-refractivity contribution is 5.99. The maximum Gasteiger partial charge on any atom is 0.246 e. The first-order valence-corrected chi connectivity index (χ1v) is 29.8. The van der Waals surface area contributed by atoms with Crippen LogP contribution in [0.5, 0.6) is 0 Å². The molecule has 1 aliphatic rings. The molecule has 1 heterocycles. The fraction of sp³-hybridized carbons (Fsp3) is 0.783. The molecule has 7 N–H and O–H groups in total. The van der Waals surface area contributed by atoms with E-state index in [0.717, 1.165) is 9.80 Å². The fourth-order valence-corrected chi connectivity index (χ4v) is 9.88. The third kappa shape index (κ3) is 22.4. The summed E-state index contributed by atoms with van der Waals surface area (Å²) in [6.45, 7) is 29.1. The Morgan fingerprint density at radius 2 is 0.843 bits per heavy atom. The molecule has 0 aromatic heterocycles. The number of allylic oxidation sites excluding steroid dienone is 2. The number of rotatable bonds is 15. The lowest BCUT2D eigenvalue weighted by Crippen LogP contribution is -2.63. The first-order valence-electron chi connectivity index (χ1n) is 29.8. The third-order valence-electron chi connectivity index (χ3n) is 15.2. The monoisotopic (exact) mass is 1170 g/mol. The predicted molar refractivity (Wildman–Crippen MR) is 319 cm³/mol. The molecule has 1 fully saturated rings. The van der Waals surface area contributed by atoms with Gasteiger partial charge >= 0.3 is 0 Å². The Morgan fingerprint density at radius 3 is 1.25 bits per heavy atom. The molecule has 0 bridgehead atoms. The summed E-state index contributed by atoms with van der Waals surface area (Å²) in [5, 5.41) is 28.5. The number of nitrogens with one attached hydrogen (secondary N) is 6. The number of aliphatic hydroxyl groups excluding tert-OH is 1. The van der Waals surface area contributed by atoms with E-state index < -0.39 is 156 Å². The van der Waals surface area contributed by atoms with E-state index in [0.29, 0.717) is 6.42 Å². The Balaban J connectivity index is 4.21. The number of nitrogens with zero attached hydrogens (tertiary/aromatic N) is 5. The van der Waals surface area contributed by atoms with Crippen LogP contribution in [0.25, 0.3) is 0 Å². The average molecular weight is 1170 g/mol. The van der Waals surface area contributed by atoms with Crippen molar-refractivity contribution in [1.29, 1.82) is 0 Å². The minimum Gasteiger partial charge on any atom is -0.390 e. The summed E-state index contributed by atoms with van der Waals surface area (Å²) in [7, 11) is 6.96. The Labute approximate surface area is 495 Å². The van der Waals surface area contributed by atoms with Crippen LogP contribution in [0.15, 0.2) is 12.2 Å². The second kappa shape index (κ2) is 34.6. The van der Waals surface area contributed by atoms with Crippen molar-refractivity contribution in [2.24, 2.45) is 41.4 Å². The van der Waals surface area contributed by atoms with Crippen LogP contribution in [0.3, 0.4) is 0 Å². The molecule has 1 aliphatic heterocycles. The largest absolute Gasteiger partial charge is 0.390 e. The van der Waals surface area contributed by atoms with Crippen molar-refractivity contribution in [2.45, 2.75) is 223 Å². The normalized spacial score (nSPS) is 27.0. The van der Waals surface area contributed by atoms with E-state index >= 15 is 0 Å². The number of likely N-dealkylation sites (N-methyl/N-ethyl adjacent to an activating group) is 5. The van der Waals surface area contributed by atoms with Gasteiger partial charge in [0.2, 0.25) is 65.0 Å². The minimum absolute atomic E-state index is 0.0214. The lowest BCUT2D eigenvalue weighted by atomic mass is 9.91. The van der Waals surface area contributed by atoms with Gasteiger partial charge < -0.3 is 61.5 Å². The van der Waals surface area contributed by atoms with Crippen LogP contribution < -0.4 is 31.9 Å². The van der Waals surface area contributed by atoms with Crippen LogP contribution in [-0.4, -0.2) is 203 Å². The van der Waals surface area contributed by atoms with E-state index in [1.54, 1.807) is 60.6 Å². The number of hydrogen-bond donors (Lipinski definition) is 7. The Bertz CT molecular complexity index is 2250. The van der Waals surface area contributed by atoms with Crippen molar-refractivity contribution in [1.82, 2.24) is 56.4 Å². The van der Waals surface area contributed by atoms with Gasteiger partial charge in [-0.1, -0.05) is 109 Å². The SMILES string of the molecule is C/C=C/C[C@@H](C)[C@@H](O)C1C(=O)N[C@@H](CC)C(=O)N(C)CC(=O)N(C)[C@@H](CC(C)C)C(=O)NC(C(C)C)C(=O)N(C)[C@@H](CC(C)C)C(=O)N[C@@H](C)C(=O)N[C@H](C)C(=O)N[C@@H](CC(C)C)C(=O)N(C)[C@@H](CC(C)C)C(=O)N[C@@H](C(C)C)C(=O)N1C. The molecule has 23 nitrogen and oxygen atoms in total. The van der Waals surface area contributed by atoms with Crippen molar-refractivity contribution >= 4 is 65.0 Å². The summed E-state index contributed by atoms with van der Waals surface area (Å²) in [6, 6.07) is -12.5. The fourth-order valence-electron chi connectivity index (χ4n) is 9.88. The number of hydrogen-bond acceptors (Lipinski definition) is 12. The molecule has 11 amide bonds. The lowest BCUT2D eigenvalue weighted by molar-refractivity contribution is -0.150. The third-order valence-corrected chi connectivity index (χ3v) is 15.2. The van der Waals surface area contributed by atoms with E-state index in [2.05, 4.69) is 31.9 Å². The summed E-state index contributed by atoms with van der Waals surface area (Å²) in [5.74, 6) is -10.0. The van der Waals surface area contributed by atoms with Gasteiger partial charge in [-0.05, 0) is 101 Å². The standard InChI is InChI=1S/C60H107N11O12/c1-23-25-26-38(15)50(73)49-56(79)63-41(24-2)57(80)67(18)31-46(72)68(19)43(28-33(5)6)54(77)65-47(36(11)12)59(82)70(21)44(29-34(7)8)53(76)62-39(16)51(74)61-40(17)52(75)64-42(27-32(3)4)58(81)69(20)45(30-35(9)10)55(78)66-48(37(13)14)60(83)71(49)22/h23,25,32-45,47-50,73H,24,26-31H2,1-22H3,(H,61,74)(H,62,76)(H,63,79)(H,64,75)(H,65,77)(H,66,78)/b25-23+/t38-,39+,40-,41+,42+,43+,44+,45+,47?,48+,49?,50-/m1/s1. The summed E-state index contributed by atoms with van der Waals surface area (Å²) in [5.41, 5.74) is 0. The van der Waals surface area contributed by atoms with Gasteiger partial charge in [0.05, 0.1) is 12.6 Å². The van der Waals surface area contributed by atoms with Crippen molar-refractivity contribution < 1.29 is 57.8 Å². The summed E-state index contributed by atoms with van der Waals surface area (Å²) in [4.78, 5) is 164. The van der Waals surface area contributed by atoms with Crippen molar-refractivity contribution in [3.63, 3.8) is 0 Å². The molecule has 0 aromatic rings. The van der Waals surface area contributed by atoms with Crippen LogP contribution in [0.1, 0.15) is 156 Å². The smallest absolute Gasteiger partial charge is 0.246 e. The number of carbonyl (C=O) groups excluding carboxylic acids is 11. The van der Waals surface area contributed by atoms with E-state index in [1.807, 2.05) is 55.4 Å². The molecule has 0 aliphatic carbocycles. The highest BCUT2D eigenvalue weighted by atomic mass is 16.3. The molecular weight excluding hydrogens is 1070 g/mol. The number of amides is 11. The molecule has 23 heteroatoms. The summed E-state index contributed by atoms with van der Waals surface area (Å²) < 4.78 is 0. The topological polar surface area (TPSA) is 296 Å². The molecule has 0 radical (unpaired) electrons. The van der Waals surface area contributed by atoms with Crippen molar-refractivity contribution in [3.05, 3.63) is 12.2 Å². The van der Waals surface area contributed by atoms with Gasteiger partial charge in [-0.2, -0.15) is 0 Å². The van der Waals surface area contributed by atoms with E-state index in [1.165, 1.54) is 63.8 Å². The maximum absolute atomic E-state index is 14.9. The van der Waals surface area contributed by atoms with Gasteiger partial charge in [0.1, 0.15) is 60.4 Å². The van der Waals surface area contributed by atoms with Gasteiger partial charge in [-0.15, -0.1) is 0 Å². The Morgan fingerprint density at radius 1 is 0.470 bits per heavy atom. The molecule has 1 saturated heterocycles. The van der Waals surface area contributed by atoms with Crippen LogP contribution in [0.2, 0.25) is 0 Å². The summed E-state index contributed by atoms with van der Waals surface area (Å²) in [6.07, 6.45) is 2.98. The second-order valence-corrected chi connectivity index (χ2v) is 25.3. The molecular formula is C60H107N11O12. The molecule has 474 valence electrons. The maximum atomic E-state index is 14.9. The Hall–Kier alpha value is -6.13. The first kappa shape index (κ1) is 74.9. The van der Waals surface area contributed by atoms with Crippen LogP contribution >= 0.6 is 0 Å². The molecule has 0 saturated carbocycles. The summed E-state index contributed by atoms with van der Waals surface area (Å²) >= 11 is 0.